The largest absolute Gasteiger partial charge is 0.373 e. The molecule has 2 aliphatic heterocycles. The summed E-state index contributed by atoms with van der Waals surface area (Å²) in [7, 11) is 2.12. The van der Waals surface area contributed by atoms with Crippen LogP contribution in [-0.4, -0.2) is 64.1 Å². The van der Waals surface area contributed by atoms with Gasteiger partial charge in [-0.1, -0.05) is 6.07 Å². The molecule has 0 radical (unpaired) electrons. The zero-order valence-electron chi connectivity index (χ0n) is 16.1. The molecule has 1 amide bonds. The fourth-order valence-corrected chi connectivity index (χ4v) is 4.20. The number of carbonyl (C=O) groups is 1. The number of hydrogen-bond donors (Lipinski definition) is 0. The standard InChI is InChI=1S/C21H25FN4O2/c1-25(14-16-3-2-7-23-13-16)18-12-21(28-15-18)5-9-26(10-6-21)20(27)17-4-8-24-19(22)11-17/h2-4,7-8,11,13,18H,5-6,9-10,12,14-15H2,1H3/t18-/m1/s1. The first-order valence-electron chi connectivity index (χ1n) is 9.69. The molecule has 6 nitrogen and oxygen atoms in total. The zero-order valence-corrected chi connectivity index (χ0v) is 16.1. The molecule has 0 aromatic carbocycles. The summed E-state index contributed by atoms with van der Waals surface area (Å²) in [4.78, 5) is 24.4. The van der Waals surface area contributed by atoms with Crippen LogP contribution in [0.1, 0.15) is 35.2 Å². The maximum Gasteiger partial charge on any atom is 0.254 e. The van der Waals surface area contributed by atoms with Crippen LogP contribution in [0.3, 0.4) is 0 Å². The molecule has 1 spiro atoms. The number of carbonyl (C=O) groups excluding carboxylic acids is 1. The van der Waals surface area contributed by atoms with E-state index in [1.54, 1.807) is 17.2 Å². The van der Waals surface area contributed by atoms with E-state index in [1.165, 1.54) is 17.8 Å². The van der Waals surface area contributed by atoms with E-state index in [0.717, 1.165) is 25.8 Å². The van der Waals surface area contributed by atoms with E-state index < -0.39 is 5.95 Å². The molecule has 4 rings (SSSR count). The molecule has 2 aromatic heterocycles. The van der Waals surface area contributed by atoms with Crippen molar-refractivity contribution >= 4 is 5.91 Å². The van der Waals surface area contributed by atoms with E-state index in [-0.39, 0.29) is 11.5 Å². The van der Waals surface area contributed by atoms with Gasteiger partial charge in [0.2, 0.25) is 5.95 Å². The lowest BCUT2D eigenvalue weighted by atomic mass is 9.87. The number of ether oxygens (including phenoxy) is 1. The molecule has 0 N–H and O–H groups in total. The Hall–Kier alpha value is -2.38. The number of likely N-dealkylation sites (tertiary alicyclic amines) is 1. The first kappa shape index (κ1) is 19.0. The number of aromatic nitrogens is 2. The van der Waals surface area contributed by atoms with Crippen LogP contribution in [0.4, 0.5) is 4.39 Å². The number of rotatable bonds is 4. The van der Waals surface area contributed by atoms with E-state index in [1.807, 2.05) is 12.3 Å². The molecular formula is C21H25FN4O2. The van der Waals surface area contributed by atoms with Gasteiger partial charge >= 0.3 is 0 Å². The van der Waals surface area contributed by atoms with Gasteiger partial charge in [0.25, 0.3) is 5.91 Å². The third-order valence-corrected chi connectivity index (χ3v) is 5.90. The highest BCUT2D eigenvalue weighted by Crippen LogP contribution is 2.38. The molecular weight excluding hydrogens is 359 g/mol. The average Bonchev–Trinajstić information content (AvgIpc) is 3.13. The Bertz CT molecular complexity index is 824. The molecule has 4 heterocycles. The molecule has 2 fully saturated rings. The Morgan fingerprint density at radius 1 is 1.36 bits per heavy atom. The first-order valence-corrected chi connectivity index (χ1v) is 9.69. The predicted molar refractivity (Wildman–Crippen MR) is 102 cm³/mol. The molecule has 0 saturated carbocycles. The second-order valence-electron chi connectivity index (χ2n) is 7.79. The number of halogens is 1. The maximum atomic E-state index is 13.3. The van der Waals surface area contributed by atoms with E-state index in [2.05, 4.69) is 28.0 Å². The van der Waals surface area contributed by atoms with Crippen molar-refractivity contribution in [1.29, 1.82) is 0 Å². The normalized spacial score (nSPS) is 21.4. The predicted octanol–water partition coefficient (Wildman–Crippen LogP) is 2.51. The molecule has 148 valence electrons. The Morgan fingerprint density at radius 3 is 2.89 bits per heavy atom. The van der Waals surface area contributed by atoms with Crippen molar-refractivity contribution in [3.8, 4) is 0 Å². The van der Waals surface area contributed by atoms with E-state index in [0.29, 0.717) is 31.3 Å². The van der Waals surface area contributed by atoms with E-state index in [4.69, 9.17) is 4.74 Å². The topological polar surface area (TPSA) is 58.6 Å². The molecule has 0 aliphatic carbocycles. The van der Waals surface area contributed by atoms with Crippen molar-refractivity contribution in [2.75, 3.05) is 26.7 Å². The van der Waals surface area contributed by atoms with Crippen molar-refractivity contribution in [3.05, 3.63) is 59.9 Å². The summed E-state index contributed by atoms with van der Waals surface area (Å²) < 4.78 is 19.5. The van der Waals surface area contributed by atoms with Gasteiger partial charge in [-0.05, 0) is 44.0 Å². The second-order valence-corrected chi connectivity index (χ2v) is 7.79. The zero-order chi connectivity index (χ0) is 19.6. The summed E-state index contributed by atoms with van der Waals surface area (Å²) in [5, 5.41) is 0. The summed E-state index contributed by atoms with van der Waals surface area (Å²) >= 11 is 0. The van der Waals surface area contributed by atoms with Crippen LogP contribution in [0.5, 0.6) is 0 Å². The third kappa shape index (κ3) is 4.05. The minimum Gasteiger partial charge on any atom is -0.373 e. The lowest BCUT2D eigenvalue weighted by molar-refractivity contribution is -0.0393. The monoisotopic (exact) mass is 384 g/mol. The third-order valence-electron chi connectivity index (χ3n) is 5.90. The number of likely N-dealkylation sites (N-methyl/N-ethyl adjacent to an activating group) is 1. The molecule has 2 saturated heterocycles. The SMILES string of the molecule is CN(Cc1cccnc1)[C@H]1COC2(CCN(C(=O)c3ccnc(F)c3)CC2)C1. The van der Waals surface area contributed by atoms with Crippen LogP contribution < -0.4 is 0 Å². The Morgan fingerprint density at radius 2 is 2.18 bits per heavy atom. The molecule has 1 atom stereocenters. The van der Waals surface area contributed by atoms with Gasteiger partial charge in [-0.3, -0.25) is 14.7 Å². The van der Waals surface area contributed by atoms with Crippen molar-refractivity contribution < 1.29 is 13.9 Å². The van der Waals surface area contributed by atoms with Gasteiger partial charge in [-0.25, -0.2) is 4.98 Å². The minimum atomic E-state index is -0.627. The van der Waals surface area contributed by atoms with Gasteiger partial charge in [0, 0.05) is 55.9 Å². The van der Waals surface area contributed by atoms with Crippen molar-refractivity contribution in [3.63, 3.8) is 0 Å². The summed E-state index contributed by atoms with van der Waals surface area (Å²) in [6.45, 7) is 2.81. The van der Waals surface area contributed by atoms with Crippen LogP contribution >= 0.6 is 0 Å². The van der Waals surface area contributed by atoms with Crippen LogP contribution in [0.25, 0.3) is 0 Å². The highest BCUT2D eigenvalue weighted by molar-refractivity contribution is 5.94. The van der Waals surface area contributed by atoms with Crippen LogP contribution in [0.2, 0.25) is 0 Å². The van der Waals surface area contributed by atoms with Gasteiger partial charge in [0.1, 0.15) is 0 Å². The van der Waals surface area contributed by atoms with Gasteiger partial charge in [-0.2, -0.15) is 4.39 Å². The molecule has 7 heteroatoms. The fourth-order valence-electron chi connectivity index (χ4n) is 4.20. The summed E-state index contributed by atoms with van der Waals surface area (Å²) in [5.74, 6) is -0.766. The van der Waals surface area contributed by atoms with Gasteiger partial charge in [0.05, 0.1) is 12.2 Å². The van der Waals surface area contributed by atoms with Crippen LogP contribution in [0.15, 0.2) is 42.9 Å². The maximum absolute atomic E-state index is 13.3. The Balaban J connectivity index is 1.32. The van der Waals surface area contributed by atoms with Gasteiger partial charge in [0.15, 0.2) is 0 Å². The highest BCUT2D eigenvalue weighted by Gasteiger charge is 2.44. The number of pyridine rings is 2. The lowest BCUT2D eigenvalue weighted by Gasteiger charge is -2.39. The van der Waals surface area contributed by atoms with Crippen molar-refractivity contribution in [2.45, 2.75) is 37.5 Å². The van der Waals surface area contributed by atoms with Crippen LogP contribution in [0, 0.1) is 5.95 Å². The highest BCUT2D eigenvalue weighted by atomic mass is 19.1. The quantitative estimate of drug-likeness (QED) is 0.758. The summed E-state index contributed by atoms with van der Waals surface area (Å²) in [6.07, 6.45) is 7.60. The van der Waals surface area contributed by atoms with Crippen molar-refractivity contribution in [1.82, 2.24) is 19.8 Å². The minimum absolute atomic E-state index is 0.139. The molecule has 0 bridgehead atoms. The summed E-state index contributed by atoms with van der Waals surface area (Å²) in [5.41, 5.74) is 1.38. The van der Waals surface area contributed by atoms with E-state index in [9.17, 15) is 9.18 Å². The lowest BCUT2D eigenvalue weighted by Crippen LogP contribution is -2.47. The second kappa shape index (κ2) is 7.93. The molecule has 2 aromatic rings. The Kier molecular flexibility index (Phi) is 5.37. The molecule has 2 aliphatic rings. The smallest absolute Gasteiger partial charge is 0.254 e. The molecule has 0 unspecified atom stereocenters. The van der Waals surface area contributed by atoms with E-state index >= 15 is 0 Å². The Labute approximate surface area is 164 Å². The summed E-state index contributed by atoms with van der Waals surface area (Å²) in [6, 6.07) is 7.16. The van der Waals surface area contributed by atoms with Gasteiger partial charge < -0.3 is 9.64 Å². The van der Waals surface area contributed by atoms with Crippen molar-refractivity contribution in [2.24, 2.45) is 0 Å². The number of hydrogen-bond acceptors (Lipinski definition) is 5. The first-order chi connectivity index (χ1) is 13.5. The van der Waals surface area contributed by atoms with Gasteiger partial charge in [-0.15, -0.1) is 0 Å². The number of piperidine rings is 1. The van der Waals surface area contributed by atoms with Crippen LogP contribution in [-0.2, 0) is 11.3 Å². The fraction of sp³-hybridized carbons (Fsp3) is 0.476. The number of nitrogens with zero attached hydrogens (tertiary/aromatic N) is 4. The average molecular weight is 384 g/mol. The number of amides is 1. The molecule has 28 heavy (non-hydrogen) atoms.